The Kier molecular flexibility index (Phi) is 2.51. The van der Waals surface area contributed by atoms with Crippen molar-refractivity contribution in [1.29, 1.82) is 0 Å². The van der Waals surface area contributed by atoms with Crippen molar-refractivity contribution in [2.45, 2.75) is 6.04 Å². The molecule has 1 atom stereocenters. The highest BCUT2D eigenvalue weighted by Gasteiger charge is 2.03. The van der Waals surface area contributed by atoms with Gasteiger partial charge in [0, 0.05) is 18.8 Å². The lowest BCUT2D eigenvalue weighted by Crippen LogP contribution is -2.20. The van der Waals surface area contributed by atoms with Crippen LogP contribution in [0.2, 0.25) is 0 Å². The molecule has 1 aromatic rings. The molecule has 0 spiro atoms. The Hall–Kier alpha value is -1.00. The van der Waals surface area contributed by atoms with Crippen LogP contribution in [-0.4, -0.2) is 11.5 Å². The minimum absolute atomic E-state index is 0.297. The van der Waals surface area contributed by atoms with Crippen LogP contribution in [0.5, 0.6) is 0 Å². The Balaban J connectivity index is 2.86. The van der Waals surface area contributed by atoms with E-state index in [1.165, 1.54) is 12.3 Å². The largest absolute Gasteiger partial charge is 0.329 e. The van der Waals surface area contributed by atoms with Gasteiger partial charge < -0.3 is 11.5 Å². The van der Waals surface area contributed by atoms with Crippen LogP contribution in [0.4, 0.5) is 4.39 Å². The van der Waals surface area contributed by atoms with Gasteiger partial charge >= 0.3 is 0 Å². The van der Waals surface area contributed by atoms with Gasteiger partial charge in [-0.15, -0.1) is 0 Å². The molecular formula is C7H10FN3. The van der Waals surface area contributed by atoms with E-state index >= 15 is 0 Å². The Morgan fingerprint density at radius 2 is 2.27 bits per heavy atom. The third-order valence-electron chi connectivity index (χ3n) is 1.41. The number of hydrogen-bond acceptors (Lipinski definition) is 3. The second kappa shape index (κ2) is 3.41. The molecule has 4 heteroatoms. The van der Waals surface area contributed by atoms with Gasteiger partial charge in [-0.2, -0.15) is 0 Å². The van der Waals surface area contributed by atoms with Crippen molar-refractivity contribution in [1.82, 2.24) is 4.98 Å². The number of rotatable bonds is 2. The highest BCUT2D eigenvalue weighted by Crippen LogP contribution is 2.07. The molecule has 60 valence electrons. The zero-order valence-corrected chi connectivity index (χ0v) is 6.00. The summed E-state index contributed by atoms with van der Waals surface area (Å²) in [6.45, 7) is 0.297. The fourth-order valence-corrected chi connectivity index (χ4v) is 0.767. The van der Waals surface area contributed by atoms with E-state index in [2.05, 4.69) is 4.98 Å². The van der Waals surface area contributed by atoms with Crippen molar-refractivity contribution < 1.29 is 4.39 Å². The predicted octanol–water partition coefficient (Wildman–Crippen LogP) is 0.179. The van der Waals surface area contributed by atoms with Crippen LogP contribution in [0.15, 0.2) is 18.5 Å². The van der Waals surface area contributed by atoms with Crippen molar-refractivity contribution in [3.8, 4) is 0 Å². The predicted molar refractivity (Wildman–Crippen MR) is 40.2 cm³/mol. The molecule has 0 amide bonds. The van der Waals surface area contributed by atoms with Crippen molar-refractivity contribution in [3.05, 3.63) is 29.8 Å². The van der Waals surface area contributed by atoms with Crippen molar-refractivity contribution in [2.75, 3.05) is 6.54 Å². The van der Waals surface area contributed by atoms with E-state index in [9.17, 15) is 4.39 Å². The molecular weight excluding hydrogens is 145 g/mol. The van der Waals surface area contributed by atoms with Gasteiger partial charge in [-0.25, -0.2) is 4.39 Å². The molecule has 3 nitrogen and oxygen atoms in total. The summed E-state index contributed by atoms with van der Waals surface area (Å²) in [6.07, 6.45) is 2.65. The first-order chi connectivity index (χ1) is 5.24. The van der Waals surface area contributed by atoms with E-state index in [1.54, 1.807) is 0 Å². The molecule has 0 fully saturated rings. The zero-order chi connectivity index (χ0) is 8.27. The van der Waals surface area contributed by atoms with Gasteiger partial charge in [0.1, 0.15) is 5.82 Å². The van der Waals surface area contributed by atoms with Gasteiger partial charge in [0.25, 0.3) is 0 Å². The number of hydrogen-bond donors (Lipinski definition) is 2. The lowest BCUT2D eigenvalue weighted by Gasteiger charge is -2.06. The van der Waals surface area contributed by atoms with Gasteiger partial charge in [0.05, 0.1) is 6.20 Å². The monoisotopic (exact) mass is 155 g/mol. The van der Waals surface area contributed by atoms with E-state index < -0.39 is 0 Å². The van der Waals surface area contributed by atoms with Gasteiger partial charge in [-0.1, -0.05) is 0 Å². The molecule has 1 rings (SSSR count). The summed E-state index contributed by atoms with van der Waals surface area (Å²) >= 11 is 0. The molecule has 1 aromatic heterocycles. The maximum Gasteiger partial charge on any atom is 0.141 e. The molecule has 1 heterocycles. The first kappa shape index (κ1) is 8.10. The van der Waals surface area contributed by atoms with Gasteiger partial charge in [0.15, 0.2) is 0 Å². The fourth-order valence-electron chi connectivity index (χ4n) is 0.767. The molecule has 0 aliphatic rings. The smallest absolute Gasteiger partial charge is 0.141 e. The number of halogens is 1. The first-order valence-corrected chi connectivity index (χ1v) is 3.30. The van der Waals surface area contributed by atoms with Crippen LogP contribution >= 0.6 is 0 Å². The molecule has 0 aromatic carbocycles. The molecule has 0 radical (unpaired) electrons. The van der Waals surface area contributed by atoms with Crippen LogP contribution in [0, 0.1) is 5.82 Å². The quantitative estimate of drug-likeness (QED) is 0.640. The molecule has 0 saturated heterocycles. The van der Waals surface area contributed by atoms with Crippen molar-refractivity contribution in [3.63, 3.8) is 0 Å². The molecule has 1 unspecified atom stereocenters. The highest BCUT2D eigenvalue weighted by molar-refractivity contribution is 5.14. The summed E-state index contributed by atoms with van der Waals surface area (Å²) < 4.78 is 12.5. The topological polar surface area (TPSA) is 64.9 Å². The van der Waals surface area contributed by atoms with Crippen LogP contribution in [0.3, 0.4) is 0 Å². The normalized spacial score (nSPS) is 13.0. The summed E-state index contributed by atoms with van der Waals surface area (Å²) in [6, 6.07) is 1.02. The minimum Gasteiger partial charge on any atom is -0.329 e. The third-order valence-corrected chi connectivity index (χ3v) is 1.41. The molecule has 0 aliphatic carbocycles. The summed E-state index contributed by atoms with van der Waals surface area (Å²) in [5.74, 6) is -0.383. The molecule has 11 heavy (non-hydrogen) atoms. The second-order valence-corrected chi connectivity index (χ2v) is 2.28. The minimum atomic E-state index is -0.383. The second-order valence-electron chi connectivity index (χ2n) is 2.28. The number of aromatic nitrogens is 1. The third kappa shape index (κ3) is 1.96. The van der Waals surface area contributed by atoms with E-state index in [1.807, 2.05) is 0 Å². The summed E-state index contributed by atoms with van der Waals surface area (Å²) in [4.78, 5) is 3.64. The van der Waals surface area contributed by atoms with Crippen LogP contribution in [0.1, 0.15) is 11.6 Å². The lowest BCUT2D eigenvalue weighted by molar-refractivity contribution is 0.612. The van der Waals surface area contributed by atoms with Crippen molar-refractivity contribution >= 4 is 0 Å². The average molecular weight is 155 g/mol. The Bertz CT molecular complexity index is 239. The SMILES string of the molecule is NCC(N)c1cncc(F)c1. The van der Waals surface area contributed by atoms with Crippen LogP contribution < -0.4 is 11.5 Å². The Labute approximate surface area is 64.2 Å². The number of pyridine rings is 1. The average Bonchev–Trinajstić information content (AvgIpc) is 2.03. The van der Waals surface area contributed by atoms with Gasteiger partial charge in [0.2, 0.25) is 0 Å². The first-order valence-electron chi connectivity index (χ1n) is 3.30. The summed E-state index contributed by atoms with van der Waals surface area (Å²) in [5, 5.41) is 0. The van der Waals surface area contributed by atoms with Gasteiger partial charge in [-0.3, -0.25) is 4.98 Å². The van der Waals surface area contributed by atoms with Crippen LogP contribution in [-0.2, 0) is 0 Å². The Morgan fingerprint density at radius 3 is 2.82 bits per heavy atom. The van der Waals surface area contributed by atoms with Crippen molar-refractivity contribution in [2.24, 2.45) is 11.5 Å². The fraction of sp³-hybridized carbons (Fsp3) is 0.286. The maximum atomic E-state index is 12.5. The summed E-state index contributed by atoms with van der Waals surface area (Å²) in [7, 11) is 0. The van der Waals surface area contributed by atoms with E-state index in [-0.39, 0.29) is 11.9 Å². The summed E-state index contributed by atoms with van der Waals surface area (Å²) in [5.41, 5.74) is 11.4. The standard InChI is InChI=1S/C7H10FN3/c8-6-1-5(3-11-4-6)7(10)2-9/h1,3-4,7H,2,9-10H2. The van der Waals surface area contributed by atoms with Gasteiger partial charge in [-0.05, 0) is 11.6 Å². The zero-order valence-electron chi connectivity index (χ0n) is 6.00. The lowest BCUT2D eigenvalue weighted by atomic mass is 10.1. The molecule has 0 bridgehead atoms. The van der Waals surface area contributed by atoms with E-state index in [0.717, 1.165) is 6.20 Å². The number of nitrogens with zero attached hydrogens (tertiary/aromatic N) is 1. The molecule has 0 saturated carbocycles. The maximum absolute atomic E-state index is 12.5. The molecule has 4 N–H and O–H groups in total. The number of nitrogens with two attached hydrogens (primary N) is 2. The highest BCUT2D eigenvalue weighted by atomic mass is 19.1. The van der Waals surface area contributed by atoms with E-state index in [0.29, 0.717) is 12.1 Å². The van der Waals surface area contributed by atoms with E-state index in [4.69, 9.17) is 11.5 Å². The Morgan fingerprint density at radius 1 is 1.55 bits per heavy atom. The molecule has 0 aliphatic heterocycles. The van der Waals surface area contributed by atoms with Crippen LogP contribution in [0.25, 0.3) is 0 Å².